The summed E-state index contributed by atoms with van der Waals surface area (Å²) in [5, 5.41) is 2.63. The lowest BCUT2D eigenvalue weighted by atomic mass is 9.43. The summed E-state index contributed by atoms with van der Waals surface area (Å²) in [6, 6.07) is 18.5. The monoisotopic (exact) mass is 468 g/mol. The lowest BCUT2D eigenvalue weighted by Gasteiger charge is -2.67. The van der Waals surface area contributed by atoms with Gasteiger partial charge in [0.1, 0.15) is 0 Å². The summed E-state index contributed by atoms with van der Waals surface area (Å²) in [4.78, 5) is 0. The van der Waals surface area contributed by atoms with Gasteiger partial charge in [0.15, 0.2) is 6.20 Å². The van der Waals surface area contributed by atoms with E-state index in [1.54, 1.807) is 0 Å². The van der Waals surface area contributed by atoms with Gasteiger partial charge in [0, 0.05) is 18.9 Å². The molecule has 1 aromatic heterocycles. The van der Waals surface area contributed by atoms with Crippen molar-refractivity contribution in [3.8, 4) is 11.3 Å². The van der Waals surface area contributed by atoms with Crippen molar-refractivity contribution in [2.45, 2.75) is 96.0 Å². The molecular formula is C32H38NO2+. The van der Waals surface area contributed by atoms with Gasteiger partial charge < -0.3 is 9.47 Å². The number of pyridine rings is 1. The quantitative estimate of drug-likeness (QED) is 0.365. The Labute approximate surface area is 209 Å². The predicted octanol–water partition coefficient (Wildman–Crippen LogP) is 7.34. The number of aryl methyl sites for hydroxylation is 1. The molecule has 1 saturated carbocycles. The Morgan fingerprint density at radius 3 is 2.60 bits per heavy atom. The van der Waals surface area contributed by atoms with Crippen LogP contribution in [0.25, 0.3) is 22.0 Å². The SMILES string of the molecule is CCCCc1ccc2c3[n+](ccc2c1)C1(CC)C2(CC1(CC)c1ccccc1-3)OC(C)=CC(C)O2. The zero-order valence-electron chi connectivity index (χ0n) is 21.9. The van der Waals surface area contributed by atoms with E-state index in [4.69, 9.17) is 9.47 Å². The number of benzene rings is 2. The van der Waals surface area contributed by atoms with Gasteiger partial charge in [-0.1, -0.05) is 57.5 Å². The number of allylic oxidation sites excluding steroid dienone is 1. The molecule has 3 aromatic rings. The molecule has 6 rings (SSSR count). The summed E-state index contributed by atoms with van der Waals surface area (Å²) in [6.45, 7) is 11.1. The van der Waals surface area contributed by atoms with Crippen LogP contribution in [0.4, 0.5) is 0 Å². The Bertz CT molecular complexity index is 1340. The van der Waals surface area contributed by atoms with Gasteiger partial charge in [-0.2, -0.15) is 4.57 Å². The maximum absolute atomic E-state index is 6.80. The highest BCUT2D eigenvalue weighted by molar-refractivity contribution is 5.94. The Balaban J connectivity index is 1.66. The molecule has 35 heavy (non-hydrogen) atoms. The van der Waals surface area contributed by atoms with E-state index in [0.717, 1.165) is 31.4 Å². The summed E-state index contributed by atoms with van der Waals surface area (Å²) >= 11 is 0. The molecule has 3 nitrogen and oxygen atoms in total. The highest BCUT2D eigenvalue weighted by atomic mass is 16.7. The van der Waals surface area contributed by atoms with Gasteiger partial charge in [-0.05, 0) is 67.8 Å². The van der Waals surface area contributed by atoms with Crippen LogP contribution in [0.3, 0.4) is 0 Å². The third-order valence-electron chi connectivity index (χ3n) is 9.19. The molecule has 1 fully saturated rings. The number of nitrogens with zero attached hydrogens (tertiary/aromatic N) is 1. The first-order valence-electron chi connectivity index (χ1n) is 13.6. The second-order valence-electron chi connectivity index (χ2n) is 10.9. The smallest absolute Gasteiger partial charge is 0.278 e. The second-order valence-corrected chi connectivity index (χ2v) is 10.9. The fourth-order valence-electron chi connectivity index (χ4n) is 7.87. The van der Waals surface area contributed by atoms with Crippen molar-refractivity contribution in [2.75, 3.05) is 0 Å². The maximum Gasteiger partial charge on any atom is 0.278 e. The number of hydrogen-bond donors (Lipinski definition) is 0. The van der Waals surface area contributed by atoms with Crippen molar-refractivity contribution in [2.24, 2.45) is 0 Å². The Morgan fingerprint density at radius 2 is 1.86 bits per heavy atom. The lowest BCUT2D eigenvalue weighted by molar-refractivity contribution is -0.817. The highest BCUT2D eigenvalue weighted by Crippen LogP contribution is 2.69. The van der Waals surface area contributed by atoms with E-state index in [1.165, 1.54) is 46.0 Å². The van der Waals surface area contributed by atoms with Crippen LogP contribution in [0.15, 0.2) is 66.6 Å². The average Bonchev–Trinajstić information content (AvgIpc) is 2.85. The van der Waals surface area contributed by atoms with Gasteiger partial charge in [-0.25, -0.2) is 0 Å². The maximum atomic E-state index is 6.80. The zero-order chi connectivity index (χ0) is 24.4. The minimum Gasteiger partial charge on any atom is -0.460 e. The highest BCUT2D eigenvalue weighted by Gasteiger charge is 2.85. The molecule has 3 heteroatoms. The van der Waals surface area contributed by atoms with Gasteiger partial charge in [-0.15, -0.1) is 0 Å². The van der Waals surface area contributed by atoms with Crippen LogP contribution < -0.4 is 4.57 Å². The summed E-state index contributed by atoms with van der Waals surface area (Å²) in [5.41, 5.74) is 5.17. The number of rotatable bonds is 5. The molecule has 3 heterocycles. The van der Waals surface area contributed by atoms with E-state index >= 15 is 0 Å². The third kappa shape index (κ3) is 2.79. The van der Waals surface area contributed by atoms with Crippen LogP contribution in [0.5, 0.6) is 0 Å². The van der Waals surface area contributed by atoms with E-state index in [0.29, 0.717) is 0 Å². The molecule has 4 atom stereocenters. The van der Waals surface area contributed by atoms with E-state index in [1.807, 2.05) is 0 Å². The minimum absolute atomic E-state index is 0.0323. The van der Waals surface area contributed by atoms with E-state index < -0.39 is 5.79 Å². The minimum atomic E-state index is -0.669. The van der Waals surface area contributed by atoms with Crippen LogP contribution in [-0.2, 0) is 26.8 Å². The summed E-state index contributed by atoms with van der Waals surface area (Å²) < 4.78 is 16.1. The van der Waals surface area contributed by atoms with Crippen molar-refractivity contribution in [1.82, 2.24) is 0 Å². The first-order valence-corrected chi connectivity index (χ1v) is 13.6. The van der Waals surface area contributed by atoms with Crippen molar-refractivity contribution in [3.05, 3.63) is 77.7 Å². The van der Waals surface area contributed by atoms with Crippen molar-refractivity contribution < 1.29 is 14.0 Å². The molecule has 0 saturated heterocycles. The molecule has 1 spiro atoms. The van der Waals surface area contributed by atoms with E-state index in [-0.39, 0.29) is 17.1 Å². The molecule has 0 N–H and O–H groups in total. The van der Waals surface area contributed by atoms with Gasteiger partial charge in [0.05, 0.1) is 28.2 Å². The molecule has 182 valence electrons. The normalized spacial score (nSPS) is 30.7. The first-order chi connectivity index (χ1) is 16.9. The number of aromatic nitrogens is 1. The molecule has 0 amide bonds. The van der Waals surface area contributed by atoms with Gasteiger partial charge in [0.2, 0.25) is 11.2 Å². The van der Waals surface area contributed by atoms with Crippen LogP contribution in [0.1, 0.15) is 77.8 Å². The zero-order valence-corrected chi connectivity index (χ0v) is 21.9. The molecule has 1 aliphatic carbocycles. The summed E-state index contributed by atoms with van der Waals surface area (Å²) in [7, 11) is 0. The largest absolute Gasteiger partial charge is 0.460 e. The molecule has 3 aliphatic rings. The van der Waals surface area contributed by atoms with Crippen LogP contribution in [0, 0.1) is 0 Å². The molecule has 4 unspecified atom stereocenters. The number of ether oxygens (including phenoxy) is 2. The van der Waals surface area contributed by atoms with Crippen molar-refractivity contribution in [3.63, 3.8) is 0 Å². The molecule has 0 radical (unpaired) electrons. The fraction of sp³-hybridized carbons (Fsp3) is 0.469. The molecule has 2 aromatic carbocycles. The standard InChI is InChI=1S/C32H38NO2/c1-6-9-12-24-15-16-26-25(20-24)17-18-33-29(26)27-13-10-11-14-28(27)30(7-2)21-32(31(30,33)8-3)34-22(4)19-23(5)35-32/h10-11,13-20,22H,6-9,12,21H2,1-5H3/q+1. The van der Waals surface area contributed by atoms with Crippen molar-refractivity contribution >= 4 is 10.8 Å². The molecule has 0 bridgehead atoms. The average molecular weight is 469 g/mol. The number of hydrogen-bond acceptors (Lipinski definition) is 2. The third-order valence-corrected chi connectivity index (χ3v) is 9.19. The summed E-state index contributed by atoms with van der Waals surface area (Å²) in [6.07, 6.45) is 10.9. The van der Waals surface area contributed by atoms with Gasteiger partial charge in [0.25, 0.3) is 5.79 Å². The van der Waals surface area contributed by atoms with Gasteiger partial charge in [-0.3, -0.25) is 0 Å². The van der Waals surface area contributed by atoms with Gasteiger partial charge >= 0.3 is 0 Å². The fourth-order valence-corrected chi connectivity index (χ4v) is 7.87. The Kier molecular flexibility index (Phi) is 5.16. The lowest BCUT2D eigenvalue weighted by Crippen LogP contribution is -2.89. The summed E-state index contributed by atoms with van der Waals surface area (Å²) in [5.74, 6) is 0.307. The van der Waals surface area contributed by atoms with Crippen LogP contribution >= 0.6 is 0 Å². The molecule has 2 aliphatic heterocycles. The Hall–Kier alpha value is -2.65. The topological polar surface area (TPSA) is 22.3 Å². The van der Waals surface area contributed by atoms with E-state index in [2.05, 4.69) is 100.0 Å². The van der Waals surface area contributed by atoms with Crippen LogP contribution in [0.2, 0.25) is 0 Å². The first kappa shape index (κ1) is 22.8. The van der Waals surface area contributed by atoms with E-state index in [9.17, 15) is 0 Å². The number of unbranched alkanes of at least 4 members (excludes halogenated alkanes) is 1. The van der Waals surface area contributed by atoms with Crippen LogP contribution in [-0.4, -0.2) is 11.9 Å². The Morgan fingerprint density at radius 1 is 1.03 bits per heavy atom. The van der Waals surface area contributed by atoms with Crippen molar-refractivity contribution in [1.29, 1.82) is 0 Å². The second kappa shape index (κ2) is 7.93. The number of fused-ring (bicyclic) bond motifs is 9. The predicted molar refractivity (Wildman–Crippen MR) is 141 cm³/mol. The molecular weight excluding hydrogens is 430 g/mol.